The highest BCUT2D eigenvalue weighted by Crippen LogP contribution is 2.29. The zero-order valence-corrected chi connectivity index (χ0v) is 20.9. The minimum absolute atomic E-state index is 0.172. The van der Waals surface area contributed by atoms with Crippen molar-refractivity contribution in [1.29, 1.82) is 0 Å². The van der Waals surface area contributed by atoms with Gasteiger partial charge in [0.05, 0.1) is 16.5 Å². The first-order valence-corrected chi connectivity index (χ1v) is 13.1. The van der Waals surface area contributed by atoms with E-state index in [2.05, 4.69) is 32.8 Å². The first-order valence-electron chi connectivity index (χ1n) is 10.0. The van der Waals surface area contributed by atoms with Gasteiger partial charge in [0.1, 0.15) is 15.7 Å². The monoisotopic (exact) mass is 545 g/mol. The van der Waals surface area contributed by atoms with Crippen LogP contribution in [-0.4, -0.2) is 61.8 Å². The number of carbonyl (C=O) groups excluding carboxylic acids is 1. The van der Waals surface area contributed by atoms with E-state index < -0.39 is 10.0 Å². The zero-order valence-electron chi connectivity index (χ0n) is 17.7. The van der Waals surface area contributed by atoms with Crippen LogP contribution in [0.1, 0.15) is 21.6 Å². The number of hydrogen-bond acceptors (Lipinski definition) is 6. The lowest BCUT2D eigenvalue weighted by atomic mass is 10.1. The Bertz CT molecular complexity index is 1320. The summed E-state index contributed by atoms with van der Waals surface area (Å²) in [6.07, 6.45) is 1.66. The van der Waals surface area contributed by atoms with E-state index in [-0.39, 0.29) is 19.0 Å². The summed E-state index contributed by atoms with van der Waals surface area (Å²) in [7, 11) is -2.01. The highest BCUT2D eigenvalue weighted by Gasteiger charge is 2.31. The minimum Gasteiger partial charge on any atom is -0.495 e. The van der Waals surface area contributed by atoms with Crippen molar-refractivity contribution >= 4 is 43.2 Å². The SMILES string of the molecule is COc1ccc(C(=O)N2CCN(S(=O)(=O)c3ccc(Br)s3)CC2)cc1C#Cc1ccccn1. The fourth-order valence-electron chi connectivity index (χ4n) is 3.38. The fourth-order valence-corrected chi connectivity index (χ4v) is 6.97. The van der Waals surface area contributed by atoms with E-state index in [0.29, 0.717) is 39.9 Å². The van der Waals surface area contributed by atoms with Crippen LogP contribution in [-0.2, 0) is 10.0 Å². The molecule has 33 heavy (non-hydrogen) atoms. The van der Waals surface area contributed by atoms with Crippen LogP contribution in [0.4, 0.5) is 0 Å². The van der Waals surface area contributed by atoms with Gasteiger partial charge in [0, 0.05) is 37.9 Å². The maximum Gasteiger partial charge on any atom is 0.253 e. The second kappa shape index (κ2) is 10.1. The number of hydrogen-bond donors (Lipinski definition) is 0. The van der Waals surface area contributed by atoms with Crippen LogP contribution in [0.15, 0.2) is 62.7 Å². The molecule has 0 aliphatic carbocycles. The summed E-state index contributed by atoms with van der Waals surface area (Å²) in [4.78, 5) is 19.0. The van der Waals surface area contributed by atoms with Gasteiger partial charge in [0.2, 0.25) is 0 Å². The lowest BCUT2D eigenvalue weighted by Crippen LogP contribution is -2.50. The smallest absolute Gasteiger partial charge is 0.253 e. The first-order chi connectivity index (χ1) is 15.9. The average Bonchev–Trinajstić information content (AvgIpc) is 3.30. The molecule has 0 radical (unpaired) electrons. The number of pyridine rings is 1. The number of nitrogens with zero attached hydrogens (tertiary/aromatic N) is 3. The normalized spacial score (nSPS) is 14.4. The number of methoxy groups -OCH3 is 1. The maximum absolute atomic E-state index is 13.1. The van der Waals surface area contributed by atoms with Gasteiger partial charge < -0.3 is 9.64 Å². The highest BCUT2D eigenvalue weighted by molar-refractivity contribution is 9.11. The Balaban J connectivity index is 1.48. The molecule has 1 aliphatic heterocycles. The number of halogens is 1. The Morgan fingerprint density at radius 2 is 1.88 bits per heavy atom. The molecule has 0 saturated carbocycles. The van der Waals surface area contributed by atoms with E-state index in [4.69, 9.17) is 4.74 Å². The van der Waals surface area contributed by atoms with Crippen molar-refractivity contribution in [2.45, 2.75) is 4.21 Å². The van der Waals surface area contributed by atoms with Crippen molar-refractivity contribution in [3.8, 4) is 17.6 Å². The number of benzene rings is 1. The van der Waals surface area contributed by atoms with Gasteiger partial charge in [-0.3, -0.25) is 4.79 Å². The molecule has 7 nitrogen and oxygen atoms in total. The lowest BCUT2D eigenvalue weighted by molar-refractivity contribution is 0.0698. The van der Waals surface area contributed by atoms with E-state index in [9.17, 15) is 13.2 Å². The fraction of sp³-hybridized carbons (Fsp3) is 0.217. The molecule has 0 spiro atoms. The number of carbonyl (C=O) groups is 1. The predicted octanol–water partition coefficient (Wildman–Crippen LogP) is 3.46. The quantitative estimate of drug-likeness (QED) is 0.469. The van der Waals surface area contributed by atoms with Crippen molar-refractivity contribution < 1.29 is 17.9 Å². The van der Waals surface area contributed by atoms with Crippen molar-refractivity contribution in [3.05, 3.63) is 75.3 Å². The van der Waals surface area contributed by atoms with Gasteiger partial charge in [0.25, 0.3) is 15.9 Å². The van der Waals surface area contributed by atoms with Gasteiger partial charge in [-0.1, -0.05) is 12.0 Å². The second-order valence-electron chi connectivity index (χ2n) is 7.13. The number of sulfonamides is 1. The topological polar surface area (TPSA) is 79.8 Å². The summed E-state index contributed by atoms with van der Waals surface area (Å²) in [5.41, 5.74) is 1.67. The molecule has 0 bridgehead atoms. The molecule has 170 valence electrons. The first kappa shape index (κ1) is 23.4. The largest absolute Gasteiger partial charge is 0.495 e. The summed E-state index contributed by atoms with van der Waals surface area (Å²) < 4.78 is 33.5. The second-order valence-corrected chi connectivity index (χ2v) is 11.8. The van der Waals surface area contributed by atoms with Crippen molar-refractivity contribution in [2.75, 3.05) is 33.3 Å². The predicted molar refractivity (Wildman–Crippen MR) is 130 cm³/mol. The molecule has 1 aliphatic rings. The molecule has 0 atom stereocenters. The number of rotatable bonds is 4. The summed E-state index contributed by atoms with van der Waals surface area (Å²) in [5, 5.41) is 0. The number of piperazine rings is 1. The third-order valence-electron chi connectivity index (χ3n) is 5.11. The van der Waals surface area contributed by atoms with E-state index >= 15 is 0 Å². The number of aromatic nitrogens is 1. The van der Waals surface area contributed by atoms with Gasteiger partial charge in [-0.25, -0.2) is 13.4 Å². The number of thiophene rings is 1. The third kappa shape index (κ3) is 5.28. The Hall–Kier alpha value is -2.71. The van der Waals surface area contributed by atoms with E-state index in [1.165, 1.54) is 15.6 Å². The maximum atomic E-state index is 13.1. The molecule has 10 heteroatoms. The van der Waals surface area contributed by atoms with Gasteiger partial charge in [-0.2, -0.15) is 4.31 Å². The number of amides is 1. The van der Waals surface area contributed by atoms with Crippen LogP contribution in [0.25, 0.3) is 0 Å². The molecule has 1 aromatic carbocycles. The molecule has 1 amide bonds. The zero-order chi connectivity index (χ0) is 23.4. The average molecular weight is 546 g/mol. The van der Waals surface area contributed by atoms with Crippen LogP contribution in [0.2, 0.25) is 0 Å². The molecule has 3 heterocycles. The van der Waals surface area contributed by atoms with Gasteiger partial charge in [-0.15, -0.1) is 11.3 Å². The summed E-state index contributed by atoms with van der Waals surface area (Å²) in [5.74, 6) is 6.40. The summed E-state index contributed by atoms with van der Waals surface area (Å²) in [6.45, 7) is 1.11. The van der Waals surface area contributed by atoms with Crippen LogP contribution < -0.4 is 4.74 Å². The summed E-state index contributed by atoms with van der Waals surface area (Å²) in [6, 6.07) is 13.9. The van der Waals surface area contributed by atoms with Gasteiger partial charge in [-0.05, 0) is 64.3 Å². The van der Waals surface area contributed by atoms with Crippen LogP contribution in [0.3, 0.4) is 0 Å². The lowest BCUT2D eigenvalue weighted by Gasteiger charge is -2.33. The number of ether oxygens (including phenoxy) is 1. The van der Waals surface area contributed by atoms with Crippen LogP contribution in [0, 0.1) is 11.8 Å². The van der Waals surface area contributed by atoms with Gasteiger partial charge >= 0.3 is 0 Å². The molecular weight excluding hydrogens is 526 g/mol. The van der Waals surface area contributed by atoms with E-state index in [1.54, 1.807) is 54.6 Å². The Morgan fingerprint density at radius 3 is 2.52 bits per heavy atom. The molecule has 1 saturated heterocycles. The molecule has 0 unspecified atom stereocenters. The van der Waals surface area contributed by atoms with Crippen molar-refractivity contribution in [1.82, 2.24) is 14.2 Å². The molecule has 2 aromatic heterocycles. The molecule has 4 rings (SSSR count). The Kier molecular flexibility index (Phi) is 7.14. The Labute approximate surface area is 205 Å². The third-order valence-corrected chi connectivity index (χ3v) is 9.09. The molecule has 1 fully saturated rings. The van der Waals surface area contributed by atoms with E-state index in [1.807, 2.05) is 12.1 Å². The minimum atomic E-state index is -3.56. The molecule has 0 N–H and O–H groups in total. The molecular formula is C23H20BrN3O4S2. The van der Waals surface area contributed by atoms with Crippen LogP contribution >= 0.6 is 27.3 Å². The summed E-state index contributed by atoms with van der Waals surface area (Å²) >= 11 is 4.48. The van der Waals surface area contributed by atoms with Gasteiger partial charge in [0.15, 0.2) is 0 Å². The standard InChI is InChI=1S/C23H20BrN3O4S2/c1-31-20-8-6-18(16-17(20)5-7-19-4-2-3-11-25-19)23(28)26-12-14-27(15-13-26)33(29,30)22-10-9-21(24)32-22/h2-4,6,8-11,16H,12-15H2,1H3. The van der Waals surface area contributed by atoms with Crippen molar-refractivity contribution in [3.63, 3.8) is 0 Å². The highest BCUT2D eigenvalue weighted by atomic mass is 79.9. The van der Waals surface area contributed by atoms with Crippen LogP contribution in [0.5, 0.6) is 5.75 Å². The Morgan fingerprint density at radius 1 is 1.09 bits per heavy atom. The van der Waals surface area contributed by atoms with Crippen molar-refractivity contribution in [2.24, 2.45) is 0 Å². The van der Waals surface area contributed by atoms with E-state index in [0.717, 1.165) is 3.79 Å². The molecule has 3 aromatic rings.